The van der Waals surface area contributed by atoms with E-state index < -0.39 is 36.2 Å². The maximum absolute atomic E-state index is 13.0. The molecule has 0 saturated heterocycles. The van der Waals surface area contributed by atoms with Crippen LogP contribution in [0.4, 0.5) is 4.79 Å². The molecule has 0 saturated carbocycles. The van der Waals surface area contributed by atoms with E-state index in [-0.39, 0.29) is 12.3 Å². The predicted octanol–water partition coefficient (Wildman–Crippen LogP) is 2.66. The molecule has 28 heavy (non-hydrogen) atoms. The first-order valence-electron chi connectivity index (χ1n) is 9.12. The lowest BCUT2D eigenvalue weighted by Crippen LogP contribution is -2.51. The molecule has 1 aromatic carbocycles. The second-order valence-corrected chi connectivity index (χ2v) is 6.98. The first kappa shape index (κ1) is 23.4. The number of esters is 1. The molecule has 2 atom stereocenters. The molecule has 0 aliphatic carbocycles. The van der Waals surface area contributed by atoms with E-state index in [9.17, 15) is 14.4 Å². The van der Waals surface area contributed by atoms with Crippen LogP contribution in [0.5, 0.6) is 5.75 Å². The number of imide groups is 1. The van der Waals surface area contributed by atoms with Gasteiger partial charge in [0.05, 0.1) is 38.8 Å². The summed E-state index contributed by atoms with van der Waals surface area (Å²) in [4.78, 5) is 38.8. The Labute approximate surface area is 165 Å². The number of benzene rings is 1. The van der Waals surface area contributed by atoms with E-state index >= 15 is 0 Å². The van der Waals surface area contributed by atoms with Crippen LogP contribution < -0.4 is 10.5 Å². The number of hydrogen-bond donors (Lipinski definition) is 1. The summed E-state index contributed by atoms with van der Waals surface area (Å²) in [5.41, 5.74) is 6.57. The van der Waals surface area contributed by atoms with E-state index in [4.69, 9.17) is 19.9 Å². The first-order chi connectivity index (χ1) is 13.1. The van der Waals surface area contributed by atoms with Crippen molar-refractivity contribution in [2.75, 3.05) is 14.2 Å². The minimum atomic E-state index is -0.932. The van der Waals surface area contributed by atoms with Crippen LogP contribution in [-0.4, -0.2) is 49.2 Å². The molecule has 1 aromatic rings. The average molecular weight is 394 g/mol. The Morgan fingerprint density at radius 2 is 1.61 bits per heavy atom. The fourth-order valence-electron chi connectivity index (χ4n) is 2.50. The Bertz CT molecular complexity index is 672. The highest BCUT2D eigenvalue weighted by Crippen LogP contribution is 2.29. The van der Waals surface area contributed by atoms with Crippen molar-refractivity contribution < 1.29 is 28.6 Å². The number of nitrogens with zero attached hydrogens (tertiary/aromatic N) is 1. The molecule has 8 nitrogen and oxygen atoms in total. The molecular formula is C20H30N2O6. The Morgan fingerprint density at radius 1 is 1.04 bits per heavy atom. The Kier molecular flexibility index (Phi) is 8.91. The molecule has 0 fully saturated rings. The van der Waals surface area contributed by atoms with Gasteiger partial charge in [-0.1, -0.05) is 26.0 Å². The van der Waals surface area contributed by atoms with Crippen LogP contribution in [0.2, 0.25) is 0 Å². The van der Waals surface area contributed by atoms with Crippen molar-refractivity contribution >= 4 is 18.0 Å². The monoisotopic (exact) mass is 394 g/mol. The van der Waals surface area contributed by atoms with Gasteiger partial charge in [0.25, 0.3) is 0 Å². The molecule has 0 aromatic heterocycles. The summed E-state index contributed by atoms with van der Waals surface area (Å²) >= 11 is 0. The van der Waals surface area contributed by atoms with Crippen molar-refractivity contribution in [1.29, 1.82) is 0 Å². The summed E-state index contributed by atoms with van der Waals surface area (Å²) < 4.78 is 15.2. The molecule has 0 aliphatic heterocycles. The largest absolute Gasteiger partial charge is 0.497 e. The third-order valence-electron chi connectivity index (χ3n) is 4.17. The molecule has 1 unspecified atom stereocenters. The second-order valence-electron chi connectivity index (χ2n) is 6.98. The topological polar surface area (TPSA) is 108 Å². The number of methoxy groups -OCH3 is 2. The van der Waals surface area contributed by atoms with Crippen LogP contribution in [0, 0.1) is 5.92 Å². The van der Waals surface area contributed by atoms with Gasteiger partial charge in [-0.05, 0) is 37.5 Å². The maximum atomic E-state index is 13.0. The molecule has 2 amide bonds. The number of nitrogens with two attached hydrogens (primary N) is 1. The predicted molar refractivity (Wildman–Crippen MR) is 104 cm³/mol. The van der Waals surface area contributed by atoms with Gasteiger partial charge < -0.3 is 19.9 Å². The first-order valence-corrected chi connectivity index (χ1v) is 9.12. The molecule has 0 spiro atoms. The number of carbonyl (C=O) groups is 3. The normalized spacial score (nSPS) is 13.0. The van der Waals surface area contributed by atoms with Crippen LogP contribution in [0.25, 0.3) is 0 Å². The Hall–Kier alpha value is -2.61. The van der Waals surface area contributed by atoms with E-state index in [1.807, 2.05) is 0 Å². The van der Waals surface area contributed by atoms with Crippen LogP contribution in [-0.2, 0) is 19.1 Å². The summed E-state index contributed by atoms with van der Waals surface area (Å²) in [7, 11) is 2.77. The minimum Gasteiger partial charge on any atom is -0.497 e. The third kappa shape index (κ3) is 6.23. The number of ether oxygens (including phenoxy) is 3. The summed E-state index contributed by atoms with van der Waals surface area (Å²) in [6, 6.07) is 4.85. The van der Waals surface area contributed by atoms with Gasteiger partial charge in [-0.2, -0.15) is 0 Å². The highest BCUT2D eigenvalue weighted by atomic mass is 16.6. The molecule has 1 rings (SSSR count). The van der Waals surface area contributed by atoms with Crippen molar-refractivity contribution in [3.63, 3.8) is 0 Å². The van der Waals surface area contributed by atoms with Gasteiger partial charge in [0.15, 0.2) is 0 Å². The standard InChI is InChI=1S/C20H30N2O6/c1-12(2)18(21)19(24)22(20(25)28-13(3)4)16(11-17(23)27-6)14-7-9-15(26-5)10-8-14/h7-10,12-13,16,18H,11,21H2,1-6H3/t16?,18-/m0/s1. The van der Waals surface area contributed by atoms with Crippen LogP contribution >= 0.6 is 0 Å². The van der Waals surface area contributed by atoms with Gasteiger partial charge in [-0.15, -0.1) is 0 Å². The van der Waals surface area contributed by atoms with E-state index in [1.165, 1.54) is 14.2 Å². The van der Waals surface area contributed by atoms with Gasteiger partial charge in [0, 0.05) is 0 Å². The van der Waals surface area contributed by atoms with Crippen molar-refractivity contribution in [2.45, 2.75) is 52.3 Å². The smallest absolute Gasteiger partial charge is 0.417 e. The molecule has 156 valence electrons. The number of amides is 2. The minimum absolute atomic E-state index is 0.212. The van der Waals surface area contributed by atoms with Crippen molar-refractivity contribution in [1.82, 2.24) is 4.90 Å². The fraction of sp³-hybridized carbons (Fsp3) is 0.550. The van der Waals surface area contributed by atoms with Crippen LogP contribution in [0.15, 0.2) is 24.3 Å². The molecule has 0 aliphatic rings. The average Bonchev–Trinajstić information content (AvgIpc) is 2.65. The fourth-order valence-corrected chi connectivity index (χ4v) is 2.50. The molecular weight excluding hydrogens is 364 g/mol. The summed E-state index contributed by atoms with van der Waals surface area (Å²) in [6.45, 7) is 6.89. The molecule has 8 heteroatoms. The SMILES string of the molecule is COC(=O)CC(c1ccc(OC)cc1)N(C(=O)OC(C)C)C(=O)[C@@H](N)C(C)C. The Balaban J connectivity index is 3.43. The van der Waals surface area contributed by atoms with Gasteiger partial charge in [-0.25, -0.2) is 9.69 Å². The highest BCUT2D eigenvalue weighted by molar-refractivity contribution is 5.96. The highest BCUT2D eigenvalue weighted by Gasteiger charge is 2.37. The van der Waals surface area contributed by atoms with E-state index in [0.29, 0.717) is 11.3 Å². The molecule has 0 heterocycles. The quantitative estimate of drug-likeness (QED) is 0.675. The van der Waals surface area contributed by atoms with Crippen molar-refractivity contribution in [3.05, 3.63) is 29.8 Å². The van der Waals surface area contributed by atoms with E-state index in [2.05, 4.69) is 0 Å². The number of hydrogen-bond acceptors (Lipinski definition) is 7. The number of rotatable bonds is 8. The van der Waals surface area contributed by atoms with E-state index in [1.54, 1.807) is 52.0 Å². The lowest BCUT2D eigenvalue weighted by Gasteiger charge is -2.32. The van der Waals surface area contributed by atoms with Crippen LogP contribution in [0.3, 0.4) is 0 Å². The third-order valence-corrected chi connectivity index (χ3v) is 4.17. The lowest BCUT2D eigenvalue weighted by molar-refractivity contribution is -0.143. The second kappa shape index (κ2) is 10.7. The lowest BCUT2D eigenvalue weighted by atomic mass is 9.98. The van der Waals surface area contributed by atoms with E-state index in [0.717, 1.165) is 4.90 Å². The summed E-state index contributed by atoms with van der Waals surface area (Å²) in [6.07, 6.45) is -1.54. The zero-order chi connectivity index (χ0) is 21.4. The van der Waals surface area contributed by atoms with Crippen molar-refractivity contribution in [2.24, 2.45) is 11.7 Å². The van der Waals surface area contributed by atoms with Gasteiger partial charge >= 0.3 is 12.1 Å². The van der Waals surface area contributed by atoms with Gasteiger partial charge in [0.2, 0.25) is 5.91 Å². The maximum Gasteiger partial charge on any atom is 0.417 e. The van der Waals surface area contributed by atoms with Crippen LogP contribution in [0.1, 0.15) is 45.7 Å². The zero-order valence-corrected chi connectivity index (χ0v) is 17.3. The van der Waals surface area contributed by atoms with Crippen molar-refractivity contribution in [3.8, 4) is 5.75 Å². The van der Waals surface area contributed by atoms with Gasteiger partial charge in [-0.3, -0.25) is 9.59 Å². The Morgan fingerprint density at radius 3 is 2.04 bits per heavy atom. The molecule has 2 N–H and O–H groups in total. The summed E-state index contributed by atoms with van der Waals surface area (Å²) in [5, 5.41) is 0. The zero-order valence-electron chi connectivity index (χ0n) is 17.3. The number of carbonyl (C=O) groups excluding carboxylic acids is 3. The van der Waals surface area contributed by atoms with Gasteiger partial charge in [0.1, 0.15) is 5.75 Å². The molecule has 0 bridgehead atoms. The molecule has 0 radical (unpaired) electrons. The summed E-state index contributed by atoms with van der Waals surface area (Å²) in [5.74, 6) is -0.807.